The van der Waals surface area contributed by atoms with Gasteiger partial charge in [-0.05, 0) is 24.6 Å². The monoisotopic (exact) mass is 311 g/mol. The molecule has 6 nitrogen and oxygen atoms in total. The number of nitriles is 1. The van der Waals surface area contributed by atoms with Crippen LogP contribution in [0.3, 0.4) is 0 Å². The highest BCUT2D eigenvalue weighted by Crippen LogP contribution is 2.21. The first-order valence-corrected chi connectivity index (χ1v) is 7.04. The maximum absolute atomic E-state index is 12.3. The van der Waals surface area contributed by atoms with Crippen LogP contribution in [0.4, 0.5) is 5.69 Å². The smallest absolute Gasteiger partial charge is 0.271 e. The Hall–Kier alpha value is -2.91. The van der Waals surface area contributed by atoms with Gasteiger partial charge in [0.2, 0.25) is 5.88 Å². The molecular formula is C17H17N3O3. The van der Waals surface area contributed by atoms with Crippen molar-refractivity contribution in [2.75, 3.05) is 13.7 Å². The Morgan fingerprint density at radius 1 is 1.39 bits per heavy atom. The summed E-state index contributed by atoms with van der Waals surface area (Å²) >= 11 is 0. The van der Waals surface area contributed by atoms with Crippen molar-refractivity contribution in [2.45, 2.75) is 13.5 Å². The number of ether oxygens (including phenoxy) is 1. The van der Waals surface area contributed by atoms with Crippen LogP contribution in [0.15, 0.2) is 40.1 Å². The average Bonchev–Trinajstić information content (AvgIpc) is 2.56. The second-order valence-electron chi connectivity index (χ2n) is 4.89. The van der Waals surface area contributed by atoms with Crippen molar-refractivity contribution in [3.8, 4) is 11.9 Å². The minimum absolute atomic E-state index is 0.00610. The van der Waals surface area contributed by atoms with Gasteiger partial charge in [0.15, 0.2) is 0 Å². The molecule has 1 aromatic carbocycles. The number of nitrogens with zero attached hydrogens (tertiary/aromatic N) is 3. The number of methoxy groups -OCH3 is 1. The van der Waals surface area contributed by atoms with Crippen LogP contribution in [-0.4, -0.2) is 29.6 Å². The third-order valence-corrected chi connectivity index (χ3v) is 3.46. The van der Waals surface area contributed by atoms with E-state index in [1.165, 1.54) is 13.3 Å². The minimum atomic E-state index is -0.531. The van der Waals surface area contributed by atoms with Crippen molar-refractivity contribution in [2.24, 2.45) is 4.99 Å². The summed E-state index contributed by atoms with van der Waals surface area (Å²) in [5.41, 5.74) is 0.925. The highest BCUT2D eigenvalue weighted by atomic mass is 16.5. The Morgan fingerprint density at radius 2 is 2.09 bits per heavy atom. The van der Waals surface area contributed by atoms with E-state index >= 15 is 0 Å². The van der Waals surface area contributed by atoms with Crippen molar-refractivity contribution in [3.63, 3.8) is 0 Å². The molecule has 0 saturated carbocycles. The predicted molar refractivity (Wildman–Crippen MR) is 87.4 cm³/mol. The topological polar surface area (TPSA) is 87.6 Å². The first-order chi connectivity index (χ1) is 11.1. The van der Waals surface area contributed by atoms with Gasteiger partial charge < -0.3 is 9.84 Å². The summed E-state index contributed by atoms with van der Waals surface area (Å²) in [5.74, 6) is -0.219. The Kier molecular flexibility index (Phi) is 5.28. The fourth-order valence-corrected chi connectivity index (χ4v) is 2.17. The van der Waals surface area contributed by atoms with Gasteiger partial charge in [-0.1, -0.05) is 18.2 Å². The first kappa shape index (κ1) is 16.5. The molecule has 1 N–H and O–H groups in total. The molecule has 6 heteroatoms. The average molecular weight is 311 g/mol. The molecule has 0 amide bonds. The molecule has 0 aliphatic carbocycles. The molecule has 1 heterocycles. The number of pyridine rings is 1. The molecule has 1 aromatic heterocycles. The van der Waals surface area contributed by atoms with E-state index in [4.69, 9.17) is 4.74 Å². The quantitative estimate of drug-likeness (QED) is 0.857. The second kappa shape index (κ2) is 7.38. The summed E-state index contributed by atoms with van der Waals surface area (Å²) in [6.07, 6.45) is 1.46. The van der Waals surface area contributed by atoms with Gasteiger partial charge in [-0.25, -0.2) is 0 Å². The molecule has 118 valence electrons. The molecule has 23 heavy (non-hydrogen) atoms. The van der Waals surface area contributed by atoms with E-state index in [2.05, 4.69) is 4.99 Å². The number of aliphatic imine (C=N–C) groups is 1. The maximum Gasteiger partial charge on any atom is 0.271 e. The number of rotatable bonds is 5. The van der Waals surface area contributed by atoms with Crippen LogP contribution in [0.1, 0.15) is 16.7 Å². The van der Waals surface area contributed by atoms with Gasteiger partial charge in [-0.2, -0.15) is 5.26 Å². The molecule has 2 aromatic rings. The van der Waals surface area contributed by atoms with Gasteiger partial charge in [0.05, 0.1) is 24.4 Å². The lowest BCUT2D eigenvalue weighted by molar-refractivity contribution is 0.182. The zero-order valence-corrected chi connectivity index (χ0v) is 13.0. The molecule has 0 unspecified atom stereocenters. The van der Waals surface area contributed by atoms with Crippen LogP contribution in [0.25, 0.3) is 0 Å². The molecule has 0 saturated heterocycles. The van der Waals surface area contributed by atoms with Crippen molar-refractivity contribution in [3.05, 3.63) is 57.4 Å². The number of hydrogen-bond donors (Lipinski definition) is 1. The number of benzene rings is 1. The molecule has 0 fully saturated rings. The van der Waals surface area contributed by atoms with E-state index in [9.17, 15) is 15.2 Å². The van der Waals surface area contributed by atoms with Gasteiger partial charge in [0.1, 0.15) is 11.6 Å². The van der Waals surface area contributed by atoms with Crippen molar-refractivity contribution < 1.29 is 9.84 Å². The number of aromatic nitrogens is 1. The third-order valence-electron chi connectivity index (χ3n) is 3.46. The summed E-state index contributed by atoms with van der Waals surface area (Å²) in [7, 11) is 1.50. The first-order valence-electron chi connectivity index (χ1n) is 7.04. The van der Waals surface area contributed by atoms with Gasteiger partial charge in [-0.3, -0.25) is 14.4 Å². The Labute approximate surface area is 133 Å². The van der Waals surface area contributed by atoms with Crippen LogP contribution in [-0.2, 0) is 11.3 Å². The fourth-order valence-electron chi connectivity index (χ4n) is 2.17. The summed E-state index contributed by atoms with van der Waals surface area (Å²) in [5, 5.41) is 19.6. The van der Waals surface area contributed by atoms with Gasteiger partial charge in [-0.15, -0.1) is 0 Å². The predicted octanol–water partition coefficient (Wildman–Crippen LogP) is 2.13. The summed E-state index contributed by atoms with van der Waals surface area (Å²) in [4.78, 5) is 16.5. The maximum atomic E-state index is 12.3. The molecule has 0 atom stereocenters. The van der Waals surface area contributed by atoms with Gasteiger partial charge in [0.25, 0.3) is 5.56 Å². The van der Waals surface area contributed by atoms with Crippen LogP contribution in [0.5, 0.6) is 5.88 Å². The van der Waals surface area contributed by atoms with Crippen molar-refractivity contribution in [1.29, 1.82) is 5.26 Å². The number of aromatic hydroxyl groups is 1. The van der Waals surface area contributed by atoms with E-state index in [1.807, 2.05) is 36.4 Å². The Morgan fingerprint density at radius 3 is 2.70 bits per heavy atom. The summed E-state index contributed by atoms with van der Waals surface area (Å²) in [6, 6.07) is 11.1. The van der Waals surface area contributed by atoms with E-state index in [1.54, 1.807) is 6.92 Å². The van der Waals surface area contributed by atoms with Gasteiger partial charge in [0, 0.05) is 13.3 Å². The lowest BCUT2D eigenvalue weighted by atomic mass is 10.1. The number of hydrogen-bond acceptors (Lipinski definition) is 5. The lowest BCUT2D eigenvalue weighted by Gasteiger charge is -2.13. The standard InChI is InChI=1S/C17H17N3O3/c1-12-14(10-18)16(21)20(8-9-23-2)17(22)15(12)11-19-13-6-4-3-5-7-13/h3-7,11,22H,8-9H2,1-2H3. The number of para-hydroxylation sites is 1. The Bertz CT molecular complexity index is 818. The fraction of sp³-hybridized carbons (Fsp3) is 0.235. The van der Waals surface area contributed by atoms with Gasteiger partial charge >= 0.3 is 0 Å². The third kappa shape index (κ3) is 3.47. The van der Waals surface area contributed by atoms with Crippen molar-refractivity contribution in [1.82, 2.24) is 4.57 Å². The van der Waals surface area contributed by atoms with E-state index in [0.29, 0.717) is 16.8 Å². The minimum Gasteiger partial charge on any atom is -0.494 e. The molecule has 0 aliphatic rings. The van der Waals surface area contributed by atoms with Crippen LogP contribution >= 0.6 is 0 Å². The van der Waals surface area contributed by atoms with Crippen molar-refractivity contribution >= 4 is 11.9 Å². The van der Waals surface area contributed by atoms with E-state index in [0.717, 1.165) is 4.57 Å². The van der Waals surface area contributed by atoms with E-state index < -0.39 is 5.56 Å². The molecule has 0 aliphatic heterocycles. The molecule has 0 bridgehead atoms. The molecule has 0 spiro atoms. The van der Waals surface area contributed by atoms with Crippen LogP contribution in [0, 0.1) is 18.3 Å². The van der Waals surface area contributed by atoms with E-state index in [-0.39, 0.29) is 24.6 Å². The van der Waals surface area contributed by atoms with Crippen LogP contribution in [0.2, 0.25) is 0 Å². The molecule has 0 radical (unpaired) electrons. The normalized spacial score (nSPS) is 10.8. The summed E-state index contributed by atoms with van der Waals surface area (Å²) < 4.78 is 6.07. The highest BCUT2D eigenvalue weighted by Gasteiger charge is 2.17. The molecular weight excluding hydrogens is 294 g/mol. The van der Waals surface area contributed by atoms with Crippen LogP contribution < -0.4 is 5.56 Å². The summed E-state index contributed by atoms with van der Waals surface area (Å²) in [6.45, 7) is 2.02. The largest absolute Gasteiger partial charge is 0.494 e. The second-order valence-corrected chi connectivity index (χ2v) is 4.89. The lowest BCUT2D eigenvalue weighted by Crippen LogP contribution is -2.26. The highest BCUT2D eigenvalue weighted by molar-refractivity contribution is 5.87. The Balaban J connectivity index is 2.56. The SMILES string of the molecule is COCCn1c(O)c(C=Nc2ccccc2)c(C)c(C#N)c1=O. The molecule has 2 rings (SSSR count). The zero-order chi connectivity index (χ0) is 16.8. The zero-order valence-electron chi connectivity index (χ0n) is 13.0.